The average molecular weight is 374 g/mol. The van der Waals surface area contributed by atoms with Crippen LogP contribution in [-0.2, 0) is 9.84 Å². The zero-order chi connectivity index (χ0) is 18.8. The van der Waals surface area contributed by atoms with Gasteiger partial charge >= 0.3 is 0 Å². The fraction of sp³-hybridized carbons (Fsp3) is 0.429. The Morgan fingerprint density at radius 2 is 1.85 bits per heavy atom. The Balaban J connectivity index is 2.20. The molecule has 26 heavy (non-hydrogen) atoms. The summed E-state index contributed by atoms with van der Waals surface area (Å²) in [5, 5.41) is 9.91. The van der Waals surface area contributed by atoms with Crippen molar-refractivity contribution in [1.29, 1.82) is 0 Å². The van der Waals surface area contributed by atoms with Crippen molar-refractivity contribution in [1.82, 2.24) is 0 Å². The minimum absolute atomic E-state index is 0.0158. The first-order valence-electron chi connectivity index (χ1n) is 9.29. The van der Waals surface area contributed by atoms with Crippen molar-refractivity contribution in [2.75, 3.05) is 17.2 Å². The molecule has 0 spiro atoms. The molecule has 1 heterocycles. The lowest BCUT2D eigenvalue weighted by molar-refractivity contribution is 0.290. The second-order valence-electron chi connectivity index (χ2n) is 7.29. The van der Waals surface area contributed by atoms with Crippen molar-refractivity contribution in [2.24, 2.45) is 5.41 Å². The van der Waals surface area contributed by atoms with Crippen LogP contribution in [0.25, 0.3) is 0 Å². The zero-order valence-electron chi connectivity index (χ0n) is 15.5. The Hall–Kier alpha value is -2.01. The van der Waals surface area contributed by atoms with Gasteiger partial charge in [0.15, 0.2) is 9.84 Å². The molecule has 2 aromatic carbocycles. The van der Waals surface area contributed by atoms with E-state index in [1.54, 1.807) is 12.1 Å². The molecule has 0 amide bonds. The monoisotopic (exact) mass is 373 g/mol. The van der Waals surface area contributed by atoms with Crippen molar-refractivity contribution >= 4 is 21.2 Å². The predicted octanol–water partition coefficient (Wildman–Crippen LogP) is 4.90. The lowest BCUT2D eigenvalue weighted by atomic mass is 9.81. The number of benzene rings is 2. The summed E-state index contributed by atoms with van der Waals surface area (Å²) in [5.74, 6) is 0.105. The summed E-state index contributed by atoms with van der Waals surface area (Å²) in [5.41, 5.74) is 1.32. The maximum Gasteiger partial charge on any atom is 0.181 e. The fourth-order valence-electron chi connectivity index (χ4n) is 3.85. The van der Waals surface area contributed by atoms with E-state index in [9.17, 15) is 13.5 Å². The third kappa shape index (κ3) is 3.58. The Kier molecular flexibility index (Phi) is 5.28. The van der Waals surface area contributed by atoms with Crippen LogP contribution < -0.4 is 4.90 Å². The number of aromatic hydroxyl groups is 1. The Morgan fingerprint density at radius 3 is 2.50 bits per heavy atom. The van der Waals surface area contributed by atoms with Gasteiger partial charge in [-0.25, -0.2) is 8.42 Å². The van der Waals surface area contributed by atoms with Gasteiger partial charge < -0.3 is 10.0 Å². The molecule has 0 bridgehead atoms. The van der Waals surface area contributed by atoms with E-state index in [2.05, 4.69) is 18.7 Å². The second-order valence-corrected chi connectivity index (χ2v) is 9.25. The van der Waals surface area contributed by atoms with Crippen LogP contribution in [0.2, 0.25) is 0 Å². The van der Waals surface area contributed by atoms with E-state index in [0.29, 0.717) is 12.2 Å². The Morgan fingerprint density at radius 1 is 1.12 bits per heavy atom. The van der Waals surface area contributed by atoms with Crippen LogP contribution in [0.15, 0.2) is 53.4 Å². The molecule has 0 aliphatic carbocycles. The Bertz CT molecular complexity index is 864. The lowest BCUT2D eigenvalue weighted by Gasteiger charge is -2.36. The summed E-state index contributed by atoms with van der Waals surface area (Å²) in [6.45, 7) is 4.88. The van der Waals surface area contributed by atoms with Crippen molar-refractivity contribution in [3.8, 4) is 5.75 Å². The molecule has 5 heteroatoms. The number of phenolic OH excluding ortho intramolecular Hbond substituents is 1. The van der Waals surface area contributed by atoms with Crippen LogP contribution in [0.1, 0.15) is 39.5 Å². The third-order valence-corrected chi connectivity index (χ3v) is 7.43. The standard InChI is InChI=1S/C21H27NO3S/c1-3-5-13-21(4-2)15-22(17-9-7-6-8-10-17)19-12-11-18(23)14-20(19)26(24,25)16-21/h6-12,14,23H,3-5,13,15-16H2,1-2H3. The van der Waals surface area contributed by atoms with Crippen molar-refractivity contribution in [3.63, 3.8) is 0 Å². The van der Waals surface area contributed by atoms with E-state index < -0.39 is 9.84 Å². The molecule has 0 radical (unpaired) electrons. The number of sulfone groups is 1. The maximum absolute atomic E-state index is 13.2. The number of unbranched alkanes of at least 4 members (excludes halogenated alkanes) is 1. The number of nitrogens with zero attached hydrogens (tertiary/aromatic N) is 1. The number of anilines is 2. The highest BCUT2D eigenvalue weighted by Gasteiger charge is 2.41. The molecule has 0 saturated heterocycles. The third-order valence-electron chi connectivity index (χ3n) is 5.44. The molecule has 1 N–H and O–H groups in total. The first kappa shape index (κ1) is 18.8. The molecule has 1 unspecified atom stereocenters. The molecular weight excluding hydrogens is 346 g/mol. The molecule has 1 atom stereocenters. The molecule has 0 saturated carbocycles. The average Bonchev–Trinajstić information content (AvgIpc) is 2.74. The summed E-state index contributed by atoms with van der Waals surface area (Å²) < 4.78 is 26.4. The minimum atomic E-state index is -3.49. The number of rotatable bonds is 5. The van der Waals surface area contributed by atoms with E-state index in [4.69, 9.17) is 0 Å². The molecular formula is C21H27NO3S. The summed E-state index contributed by atoms with van der Waals surface area (Å²) in [7, 11) is -3.49. The first-order chi connectivity index (χ1) is 12.4. The van der Waals surface area contributed by atoms with Crippen LogP contribution >= 0.6 is 0 Å². The molecule has 0 aromatic heterocycles. The maximum atomic E-state index is 13.2. The normalized spacial score (nSPS) is 21.8. The largest absolute Gasteiger partial charge is 0.508 e. The van der Waals surface area contributed by atoms with Gasteiger partial charge in [0.05, 0.1) is 16.3 Å². The highest BCUT2D eigenvalue weighted by molar-refractivity contribution is 7.91. The van der Waals surface area contributed by atoms with E-state index in [1.165, 1.54) is 6.07 Å². The number of para-hydroxylation sites is 1. The molecule has 2 aromatic rings. The zero-order valence-corrected chi connectivity index (χ0v) is 16.3. The van der Waals surface area contributed by atoms with Crippen LogP contribution in [0, 0.1) is 5.41 Å². The number of hydrogen-bond donors (Lipinski definition) is 1. The summed E-state index contributed by atoms with van der Waals surface area (Å²) in [6, 6.07) is 14.6. The smallest absolute Gasteiger partial charge is 0.181 e. The van der Waals surface area contributed by atoms with Gasteiger partial charge in [-0.2, -0.15) is 0 Å². The number of fused-ring (bicyclic) bond motifs is 1. The summed E-state index contributed by atoms with van der Waals surface area (Å²) in [4.78, 5) is 2.34. The quantitative estimate of drug-likeness (QED) is 0.809. The predicted molar refractivity (Wildman–Crippen MR) is 106 cm³/mol. The lowest BCUT2D eigenvalue weighted by Crippen LogP contribution is -2.37. The van der Waals surface area contributed by atoms with Gasteiger partial charge in [0, 0.05) is 23.7 Å². The molecule has 0 fully saturated rings. The molecule has 1 aliphatic rings. The highest BCUT2D eigenvalue weighted by Crippen LogP contribution is 2.44. The summed E-state index contributed by atoms with van der Waals surface area (Å²) >= 11 is 0. The van der Waals surface area contributed by atoms with E-state index in [1.807, 2.05) is 30.3 Å². The van der Waals surface area contributed by atoms with E-state index in [-0.39, 0.29) is 21.8 Å². The fourth-order valence-corrected chi connectivity index (χ4v) is 6.05. The van der Waals surface area contributed by atoms with E-state index in [0.717, 1.165) is 31.4 Å². The molecule has 140 valence electrons. The SMILES string of the molecule is CCCCC1(CC)CN(c2ccccc2)c2ccc(O)cc2S(=O)(=O)C1. The van der Waals surface area contributed by atoms with Gasteiger partial charge in [-0.15, -0.1) is 0 Å². The van der Waals surface area contributed by atoms with Gasteiger partial charge in [0.25, 0.3) is 0 Å². The van der Waals surface area contributed by atoms with Crippen LogP contribution in [0.5, 0.6) is 5.75 Å². The first-order valence-corrected chi connectivity index (χ1v) is 10.9. The summed E-state index contributed by atoms with van der Waals surface area (Å²) in [6.07, 6.45) is 3.73. The molecule has 3 rings (SSSR count). The van der Waals surface area contributed by atoms with Crippen molar-refractivity contribution < 1.29 is 13.5 Å². The van der Waals surface area contributed by atoms with Crippen molar-refractivity contribution in [3.05, 3.63) is 48.5 Å². The Labute approximate surface area is 156 Å². The number of phenols is 1. The van der Waals surface area contributed by atoms with Gasteiger partial charge in [0.2, 0.25) is 0 Å². The van der Waals surface area contributed by atoms with Crippen LogP contribution in [0.4, 0.5) is 11.4 Å². The highest BCUT2D eigenvalue weighted by atomic mass is 32.2. The van der Waals surface area contributed by atoms with Gasteiger partial charge in [-0.05, 0) is 37.1 Å². The topological polar surface area (TPSA) is 57.6 Å². The van der Waals surface area contributed by atoms with E-state index >= 15 is 0 Å². The van der Waals surface area contributed by atoms with Crippen LogP contribution in [-0.4, -0.2) is 25.8 Å². The van der Waals surface area contributed by atoms with Crippen LogP contribution in [0.3, 0.4) is 0 Å². The van der Waals surface area contributed by atoms with Gasteiger partial charge in [0.1, 0.15) is 5.75 Å². The number of hydrogen-bond acceptors (Lipinski definition) is 4. The molecule has 4 nitrogen and oxygen atoms in total. The van der Waals surface area contributed by atoms with Gasteiger partial charge in [-0.1, -0.05) is 44.9 Å². The van der Waals surface area contributed by atoms with Crippen molar-refractivity contribution in [2.45, 2.75) is 44.4 Å². The minimum Gasteiger partial charge on any atom is -0.508 e. The second kappa shape index (κ2) is 7.31. The van der Waals surface area contributed by atoms with Gasteiger partial charge in [-0.3, -0.25) is 0 Å². The molecule has 1 aliphatic heterocycles.